The molecule has 38 heavy (non-hydrogen) atoms. The van der Waals surface area contributed by atoms with Crippen molar-refractivity contribution >= 4 is 50.7 Å². The minimum absolute atomic E-state index is 0.0341. The molecule has 0 saturated heterocycles. The predicted octanol–water partition coefficient (Wildman–Crippen LogP) is 4.93. The molecule has 0 radical (unpaired) electrons. The van der Waals surface area contributed by atoms with Crippen LogP contribution in [-0.2, 0) is 32.6 Å². The van der Waals surface area contributed by atoms with Gasteiger partial charge in [0, 0.05) is 43.0 Å². The maximum Gasteiger partial charge on any atom is 0.242 e. The molecule has 10 heteroatoms. The molecule has 1 N–H and O–H groups in total. The van der Waals surface area contributed by atoms with Crippen molar-refractivity contribution < 1.29 is 18.0 Å². The second-order valence-electron chi connectivity index (χ2n) is 8.85. The van der Waals surface area contributed by atoms with Crippen LogP contribution in [0.15, 0.2) is 78.9 Å². The summed E-state index contributed by atoms with van der Waals surface area (Å²) in [5.41, 5.74) is 2.07. The fourth-order valence-corrected chi connectivity index (χ4v) is 5.59. The number of hydrogen-bond donors (Lipinski definition) is 1. The number of benzene rings is 3. The first-order valence-electron chi connectivity index (χ1n) is 12.1. The molecule has 0 aliphatic rings. The molecular weight excluding hydrogens is 545 g/mol. The van der Waals surface area contributed by atoms with Crippen LogP contribution in [0.25, 0.3) is 0 Å². The number of rotatable bonds is 12. The molecule has 7 nitrogen and oxygen atoms in total. The van der Waals surface area contributed by atoms with E-state index in [9.17, 15) is 18.0 Å². The standard InChI is InChI=1S/C28H31Cl2N3O4S/c1-31-28(35)26(18-21-10-5-3-6-11-21)32(20-22-15-16-23(29)19-25(22)30)27(34)14-9-17-33(38(2,36)37)24-12-7-4-8-13-24/h3-8,10-13,15-16,19,26H,9,14,17-18,20H2,1-2H3,(H,31,35)/t26-/m0/s1. The molecule has 2 amide bonds. The van der Waals surface area contributed by atoms with Crippen molar-refractivity contribution in [2.45, 2.75) is 31.8 Å². The van der Waals surface area contributed by atoms with E-state index < -0.39 is 16.1 Å². The second kappa shape index (κ2) is 13.6. The third kappa shape index (κ3) is 8.21. The number of anilines is 1. The zero-order valence-corrected chi connectivity index (χ0v) is 23.6. The van der Waals surface area contributed by atoms with Gasteiger partial charge >= 0.3 is 0 Å². The zero-order chi connectivity index (χ0) is 27.7. The van der Waals surface area contributed by atoms with E-state index in [0.717, 1.165) is 11.8 Å². The summed E-state index contributed by atoms with van der Waals surface area (Å²) in [6, 6.07) is 22.4. The SMILES string of the molecule is CNC(=O)[C@H](Cc1ccccc1)N(Cc1ccc(Cl)cc1Cl)C(=O)CCCN(c1ccccc1)S(C)(=O)=O. The summed E-state index contributed by atoms with van der Waals surface area (Å²) in [4.78, 5) is 28.2. The molecular formula is C28H31Cl2N3O4S. The minimum atomic E-state index is -3.55. The van der Waals surface area contributed by atoms with Gasteiger partial charge in [-0.05, 0) is 41.8 Å². The Labute approximate surface area is 234 Å². The molecule has 0 fully saturated rings. The highest BCUT2D eigenvalue weighted by Gasteiger charge is 2.30. The third-order valence-corrected chi connectivity index (χ3v) is 7.85. The van der Waals surface area contributed by atoms with Crippen molar-refractivity contribution in [2.75, 3.05) is 24.2 Å². The van der Waals surface area contributed by atoms with Crippen LogP contribution >= 0.6 is 23.2 Å². The van der Waals surface area contributed by atoms with E-state index in [2.05, 4.69) is 5.32 Å². The van der Waals surface area contributed by atoms with Crippen molar-refractivity contribution in [1.29, 1.82) is 0 Å². The molecule has 0 bridgehead atoms. The lowest BCUT2D eigenvalue weighted by molar-refractivity contribution is -0.141. The van der Waals surface area contributed by atoms with Crippen LogP contribution in [0.3, 0.4) is 0 Å². The van der Waals surface area contributed by atoms with Gasteiger partial charge in [-0.1, -0.05) is 77.8 Å². The maximum absolute atomic E-state index is 13.7. The lowest BCUT2D eigenvalue weighted by Gasteiger charge is -2.32. The highest BCUT2D eigenvalue weighted by Crippen LogP contribution is 2.25. The van der Waals surface area contributed by atoms with Crippen LogP contribution in [0.4, 0.5) is 5.69 Å². The monoisotopic (exact) mass is 575 g/mol. The Bertz CT molecular complexity index is 1340. The van der Waals surface area contributed by atoms with E-state index in [4.69, 9.17) is 23.2 Å². The normalized spacial score (nSPS) is 12.0. The number of nitrogens with one attached hydrogen (secondary N) is 1. The molecule has 202 valence electrons. The van der Waals surface area contributed by atoms with Crippen LogP contribution in [0.5, 0.6) is 0 Å². The summed E-state index contributed by atoms with van der Waals surface area (Å²) in [5.74, 6) is -0.601. The largest absolute Gasteiger partial charge is 0.357 e. The number of hydrogen-bond acceptors (Lipinski definition) is 4. The summed E-state index contributed by atoms with van der Waals surface area (Å²) in [6.45, 7) is 0.210. The molecule has 0 aromatic heterocycles. The third-order valence-electron chi connectivity index (χ3n) is 6.07. The fourth-order valence-electron chi connectivity index (χ4n) is 4.15. The second-order valence-corrected chi connectivity index (χ2v) is 11.6. The highest BCUT2D eigenvalue weighted by molar-refractivity contribution is 7.92. The number of carbonyl (C=O) groups excluding carboxylic acids is 2. The van der Waals surface area contributed by atoms with Gasteiger partial charge in [0.05, 0.1) is 11.9 Å². The van der Waals surface area contributed by atoms with Gasteiger partial charge in [0.25, 0.3) is 0 Å². The summed E-state index contributed by atoms with van der Waals surface area (Å²) >= 11 is 12.5. The van der Waals surface area contributed by atoms with E-state index >= 15 is 0 Å². The number of para-hydroxylation sites is 1. The van der Waals surface area contributed by atoms with Gasteiger partial charge in [-0.25, -0.2) is 8.42 Å². The topological polar surface area (TPSA) is 86.8 Å². The summed E-state index contributed by atoms with van der Waals surface area (Å²) < 4.78 is 26.2. The number of nitrogens with zero attached hydrogens (tertiary/aromatic N) is 2. The van der Waals surface area contributed by atoms with Crippen LogP contribution in [0.2, 0.25) is 10.0 Å². The molecule has 1 atom stereocenters. The van der Waals surface area contributed by atoms with Gasteiger partial charge in [0.15, 0.2) is 0 Å². The lowest BCUT2D eigenvalue weighted by atomic mass is 10.0. The molecule has 0 heterocycles. The van der Waals surface area contributed by atoms with Crippen molar-refractivity contribution in [3.63, 3.8) is 0 Å². The molecule has 0 saturated carbocycles. The van der Waals surface area contributed by atoms with Gasteiger partial charge in [-0.15, -0.1) is 0 Å². The van der Waals surface area contributed by atoms with Crippen molar-refractivity contribution in [3.05, 3.63) is 100 Å². The van der Waals surface area contributed by atoms with Crippen molar-refractivity contribution in [3.8, 4) is 0 Å². The van der Waals surface area contributed by atoms with Gasteiger partial charge in [-0.3, -0.25) is 13.9 Å². The molecule has 3 aromatic carbocycles. The van der Waals surface area contributed by atoms with Gasteiger partial charge in [0.2, 0.25) is 21.8 Å². The Balaban J connectivity index is 1.86. The van der Waals surface area contributed by atoms with E-state index in [1.165, 1.54) is 16.3 Å². The van der Waals surface area contributed by atoms with E-state index in [1.807, 2.05) is 30.3 Å². The quantitative estimate of drug-likeness (QED) is 0.332. The number of amides is 2. The fraction of sp³-hybridized carbons (Fsp3) is 0.286. The average molecular weight is 577 g/mol. The maximum atomic E-state index is 13.7. The Morgan fingerprint density at radius 2 is 1.58 bits per heavy atom. The Hall–Kier alpha value is -3.07. The van der Waals surface area contributed by atoms with Crippen LogP contribution < -0.4 is 9.62 Å². The minimum Gasteiger partial charge on any atom is -0.357 e. The molecule has 3 rings (SSSR count). The van der Waals surface area contributed by atoms with E-state index in [-0.39, 0.29) is 37.7 Å². The van der Waals surface area contributed by atoms with Gasteiger partial charge in [0.1, 0.15) is 6.04 Å². The number of sulfonamides is 1. The summed E-state index contributed by atoms with van der Waals surface area (Å²) in [7, 11) is -2.02. The molecule has 0 aliphatic carbocycles. The Morgan fingerprint density at radius 1 is 0.947 bits per heavy atom. The predicted molar refractivity (Wildman–Crippen MR) is 153 cm³/mol. The van der Waals surface area contributed by atoms with Gasteiger partial charge in [-0.2, -0.15) is 0 Å². The van der Waals surface area contributed by atoms with Gasteiger partial charge < -0.3 is 10.2 Å². The van der Waals surface area contributed by atoms with E-state index in [0.29, 0.717) is 27.7 Å². The molecule has 0 spiro atoms. The zero-order valence-electron chi connectivity index (χ0n) is 21.3. The highest BCUT2D eigenvalue weighted by atomic mass is 35.5. The lowest BCUT2D eigenvalue weighted by Crippen LogP contribution is -2.49. The molecule has 3 aromatic rings. The Morgan fingerprint density at radius 3 is 2.16 bits per heavy atom. The first-order valence-corrected chi connectivity index (χ1v) is 14.7. The van der Waals surface area contributed by atoms with Crippen molar-refractivity contribution in [2.24, 2.45) is 0 Å². The number of likely N-dealkylation sites (N-methyl/N-ethyl adjacent to an activating group) is 1. The molecule has 0 unspecified atom stereocenters. The summed E-state index contributed by atoms with van der Waals surface area (Å²) in [5, 5.41) is 3.52. The first kappa shape index (κ1) is 29.5. The smallest absolute Gasteiger partial charge is 0.242 e. The summed E-state index contributed by atoms with van der Waals surface area (Å²) in [6.07, 6.45) is 1.73. The number of halogens is 2. The number of carbonyl (C=O) groups is 2. The first-order chi connectivity index (χ1) is 18.1. The van der Waals surface area contributed by atoms with E-state index in [1.54, 1.807) is 48.5 Å². The Kier molecular flexibility index (Phi) is 10.6. The van der Waals surface area contributed by atoms with Crippen LogP contribution in [0.1, 0.15) is 24.0 Å². The van der Waals surface area contributed by atoms with Crippen molar-refractivity contribution in [1.82, 2.24) is 10.2 Å². The average Bonchev–Trinajstić information content (AvgIpc) is 2.89. The molecule has 0 aliphatic heterocycles. The van der Waals surface area contributed by atoms with Crippen LogP contribution in [0, 0.1) is 0 Å². The van der Waals surface area contributed by atoms with Crippen LogP contribution in [-0.4, -0.2) is 51.0 Å².